The highest BCUT2D eigenvalue weighted by molar-refractivity contribution is 14.1. The van der Waals surface area contributed by atoms with E-state index in [1.807, 2.05) is 29.8 Å². The topological polar surface area (TPSA) is 125 Å². The van der Waals surface area contributed by atoms with E-state index in [9.17, 15) is 24.6 Å². The maximum atomic E-state index is 12.3. The van der Waals surface area contributed by atoms with Crippen LogP contribution in [-0.2, 0) is 9.53 Å². The summed E-state index contributed by atoms with van der Waals surface area (Å²) in [6.45, 7) is 2.97. The van der Waals surface area contributed by atoms with Crippen molar-refractivity contribution in [1.29, 1.82) is 0 Å². The van der Waals surface area contributed by atoms with E-state index in [2.05, 4.69) is 4.98 Å². The molecule has 0 aromatic carbocycles. The first-order valence-corrected chi connectivity index (χ1v) is 9.01. The van der Waals surface area contributed by atoms with Gasteiger partial charge in [-0.25, -0.2) is 4.79 Å². The Balaban J connectivity index is 2.45. The number of carbonyl (C=O) groups is 1. The molecule has 0 saturated carbocycles. The van der Waals surface area contributed by atoms with Crippen molar-refractivity contribution < 1.29 is 19.7 Å². The summed E-state index contributed by atoms with van der Waals surface area (Å²) in [4.78, 5) is 38.4. The van der Waals surface area contributed by atoms with Crippen molar-refractivity contribution in [2.24, 2.45) is 0 Å². The number of aliphatic hydroxyl groups excluding tert-OH is 2. The fourth-order valence-electron chi connectivity index (χ4n) is 2.89. The van der Waals surface area contributed by atoms with Gasteiger partial charge in [0.15, 0.2) is 0 Å². The second kappa shape index (κ2) is 8.43. The van der Waals surface area contributed by atoms with Gasteiger partial charge in [-0.2, -0.15) is 0 Å². The van der Waals surface area contributed by atoms with Crippen LogP contribution in [0.3, 0.4) is 0 Å². The van der Waals surface area contributed by atoms with Crippen LogP contribution in [0.25, 0.3) is 0 Å². The SMILES string of the molecule is CCCC(c1cn([C@H]2C[C@H](O)[C@@H](CO)O2)c(=O)[nH]c1=O)N(I)C(C)=O. The minimum Gasteiger partial charge on any atom is -0.394 e. The summed E-state index contributed by atoms with van der Waals surface area (Å²) in [5, 5.41) is 19.0. The first kappa shape index (κ1) is 20.1. The Kier molecular flexibility index (Phi) is 6.77. The summed E-state index contributed by atoms with van der Waals surface area (Å²) in [6.07, 6.45) is 0.318. The van der Waals surface area contributed by atoms with Gasteiger partial charge in [0.25, 0.3) is 5.56 Å². The second-order valence-corrected chi connectivity index (χ2v) is 7.04. The number of hydrogen-bond acceptors (Lipinski definition) is 6. The number of hydrogen-bond donors (Lipinski definition) is 3. The molecule has 10 heteroatoms. The highest BCUT2D eigenvalue weighted by Gasteiger charge is 2.35. The quantitative estimate of drug-likeness (QED) is 0.406. The molecule has 2 heterocycles. The van der Waals surface area contributed by atoms with E-state index in [1.165, 1.54) is 20.8 Å². The maximum Gasteiger partial charge on any atom is 0.330 e. The van der Waals surface area contributed by atoms with Crippen molar-refractivity contribution in [2.75, 3.05) is 6.61 Å². The molecule has 140 valence electrons. The van der Waals surface area contributed by atoms with Crippen molar-refractivity contribution >= 4 is 28.8 Å². The normalized spacial score (nSPS) is 24.3. The number of aromatic nitrogens is 2. The lowest BCUT2D eigenvalue weighted by atomic mass is 10.1. The molecule has 9 nitrogen and oxygen atoms in total. The number of aromatic amines is 1. The average molecular weight is 467 g/mol. The van der Waals surface area contributed by atoms with E-state index < -0.39 is 35.7 Å². The molecule has 0 radical (unpaired) electrons. The zero-order valence-corrected chi connectivity index (χ0v) is 16.2. The number of nitrogens with zero attached hydrogens (tertiary/aromatic N) is 2. The van der Waals surface area contributed by atoms with Gasteiger partial charge in [-0.15, -0.1) is 0 Å². The maximum absolute atomic E-state index is 12.3. The molecule has 3 N–H and O–H groups in total. The van der Waals surface area contributed by atoms with Crippen LogP contribution < -0.4 is 11.2 Å². The second-order valence-electron chi connectivity index (χ2n) is 6.00. The van der Waals surface area contributed by atoms with Crippen LogP contribution in [0, 0.1) is 0 Å². The van der Waals surface area contributed by atoms with E-state index >= 15 is 0 Å². The molecule has 25 heavy (non-hydrogen) atoms. The van der Waals surface area contributed by atoms with Crippen molar-refractivity contribution in [3.8, 4) is 0 Å². The summed E-state index contributed by atoms with van der Waals surface area (Å²) in [7, 11) is 0. The smallest absolute Gasteiger partial charge is 0.330 e. The average Bonchev–Trinajstić information content (AvgIpc) is 2.93. The Bertz CT molecular complexity index is 733. The minimum atomic E-state index is -0.901. The molecule has 1 aliphatic rings. The van der Waals surface area contributed by atoms with Gasteiger partial charge in [0.05, 0.1) is 47.2 Å². The predicted molar refractivity (Wildman–Crippen MR) is 97.1 cm³/mol. The zero-order chi connectivity index (χ0) is 18.7. The van der Waals surface area contributed by atoms with E-state index in [1.54, 1.807) is 0 Å². The fraction of sp³-hybridized carbons (Fsp3) is 0.667. The standard InChI is InChI=1S/C15H22IN3O6/c1-3-4-10(19(16)8(2)21)9-6-18(15(24)17-14(9)23)13-5-11(22)12(7-20)25-13/h6,10-13,20,22H,3-5,7H2,1-2H3,(H,17,23,24)/t10?,11-,12+,13+/m0/s1. The minimum absolute atomic E-state index is 0.121. The summed E-state index contributed by atoms with van der Waals surface area (Å²) in [5.41, 5.74) is -0.945. The van der Waals surface area contributed by atoms with Gasteiger partial charge in [0.2, 0.25) is 5.91 Å². The van der Waals surface area contributed by atoms with Crippen molar-refractivity contribution in [3.63, 3.8) is 0 Å². The summed E-state index contributed by atoms with van der Waals surface area (Å²) in [6, 6.07) is -0.487. The number of aliphatic hydroxyl groups is 2. The molecular weight excluding hydrogens is 445 g/mol. The number of nitrogens with one attached hydrogen (secondary N) is 1. The van der Waals surface area contributed by atoms with Crippen LogP contribution in [0.4, 0.5) is 0 Å². The van der Waals surface area contributed by atoms with Crippen molar-refractivity contribution in [2.45, 2.75) is 57.6 Å². The molecule has 1 amide bonds. The van der Waals surface area contributed by atoms with Gasteiger partial charge >= 0.3 is 5.69 Å². The molecule has 1 aromatic heterocycles. The lowest BCUT2D eigenvalue weighted by Crippen LogP contribution is -2.37. The van der Waals surface area contributed by atoms with E-state index in [0.29, 0.717) is 6.42 Å². The molecule has 1 aromatic rings. The van der Waals surface area contributed by atoms with E-state index in [4.69, 9.17) is 4.74 Å². The van der Waals surface area contributed by atoms with Crippen LogP contribution in [0.2, 0.25) is 0 Å². The fourth-order valence-corrected chi connectivity index (χ4v) is 3.46. The van der Waals surface area contributed by atoms with Gasteiger partial charge < -0.3 is 14.9 Å². The highest BCUT2D eigenvalue weighted by atomic mass is 127. The lowest BCUT2D eigenvalue weighted by molar-refractivity contribution is -0.124. The first-order valence-electron chi connectivity index (χ1n) is 8.05. The summed E-state index contributed by atoms with van der Waals surface area (Å²) >= 11 is 1.86. The molecule has 1 saturated heterocycles. The Morgan fingerprint density at radius 1 is 1.56 bits per heavy atom. The van der Waals surface area contributed by atoms with Gasteiger partial charge in [-0.3, -0.25) is 22.3 Å². The zero-order valence-electron chi connectivity index (χ0n) is 14.0. The lowest BCUT2D eigenvalue weighted by Gasteiger charge is -2.25. The number of ether oxygens (including phenoxy) is 1. The van der Waals surface area contributed by atoms with Gasteiger partial charge in [-0.05, 0) is 6.42 Å². The van der Waals surface area contributed by atoms with E-state index in [0.717, 1.165) is 6.42 Å². The van der Waals surface area contributed by atoms with Crippen LogP contribution >= 0.6 is 22.9 Å². The molecule has 0 bridgehead atoms. The third-order valence-corrected chi connectivity index (χ3v) is 5.54. The van der Waals surface area contributed by atoms with E-state index in [-0.39, 0.29) is 24.5 Å². The molecule has 0 spiro atoms. The summed E-state index contributed by atoms with van der Waals surface area (Å²) < 4.78 is 8.12. The molecule has 1 unspecified atom stereocenters. The predicted octanol–water partition coefficient (Wildman–Crippen LogP) is 0.217. The molecular formula is C15H22IN3O6. The Labute approximate surface area is 158 Å². The van der Waals surface area contributed by atoms with Crippen LogP contribution in [0.5, 0.6) is 0 Å². The third-order valence-electron chi connectivity index (χ3n) is 4.19. The Hall–Kier alpha value is -1.24. The molecule has 1 fully saturated rings. The van der Waals surface area contributed by atoms with Crippen LogP contribution in [-0.4, -0.2) is 47.6 Å². The van der Waals surface area contributed by atoms with Crippen LogP contribution in [0.15, 0.2) is 15.8 Å². The third kappa shape index (κ3) is 4.30. The van der Waals surface area contributed by atoms with Crippen LogP contribution in [0.1, 0.15) is 50.9 Å². The number of H-pyrrole nitrogens is 1. The molecule has 2 rings (SSSR count). The first-order chi connectivity index (χ1) is 11.8. The monoisotopic (exact) mass is 467 g/mol. The molecule has 4 atom stereocenters. The Morgan fingerprint density at radius 3 is 2.76 bits per heavy atom. The van der Waals surface area contributed by atoms with Gasteiger partial charge in [0.1, 0.15) is 12.3 Å². The van der Waals surface area contributed by atoms with Gasteiger partial charge in [-0.1, -0.05) is 13.3 Å². The largest absolute Gasteiger partial charge is 0.394 e. The number of amides is 1. The number of rotatable bonds is 6. The number of halogens is 1. The Morgan fingerprint density at radius 2 is 2.24 bits per heavy atom. The summed E-state index contributed by atoms with van der Waals surface area (Å²) in [5.74, 6) is -0.205. The number of carbonyl (C=O) groups excluding carboxylic acids is 1. The molecule has 0 aliphatic carbocycles. The van der Waals surface area contributed by atoms with Crippen molar-refractivity contribution in [1.82, 2.24) is 12.7 Å². The van der Waals surface area contributed by atoms with Gasteiger partial charge in [0, 0.05) is 19.5 Å². The molecule has 1 aliphatic heterocycles. The highest BCUT2D eigenvalue weighted by Crippen LogP contribution is 2.30. The van der Waals surface area contributed by atoms with Crippen molar-refractivity contribution in [3.05, 3.63) is 32.6 Å².